The van der Waals surface area contributed by atoms with E-state index >= 15 is 0 Å². The number of aromatic nitrogens is 2. The number of rotatable bonds is 4. The molecule has 2 aromatic rings. The number of halogens is 1. The molecule has 1 aromatic heterocycles. The van der Waals surface area contributed by atoms with Crippen LogP contribution in [0.3, 0.4) is 0 Å². The maximum absolute atomic E-state index is 11.1. The summed E-state index contributed by atoms with van der Waals surface area (Å²) < 4.78 is 6.13. The molecule has 0 saturated heterocycles. The number of aryl methyl sites for hydroxylation is 2. The highest BCUT2D eigenvalue weighted by molar-refractivity contribution is 9.10. The van der Waals surface area contributed by atoms with Gasteiger partial charge in [0.2, 0.25) is 11.6 Å². The first-order chi connectivity index (χ1) is 9.51. The van der Waals surface area contributed by atoms with Gasteiger partial charge in [-0.2, -0.15) is 4.98 Å². The zero-order valence-electron chi connectivity index (χ0n) is 11.0. The summed E-state index contributed by atoms with van der Waals surface area (Å²) in [5.41, 5.74) is 0.483. The van der Waals surface area contributed by atoms with Crippen LogP contribution in [0.15, 0.2) is 28.9 Å². The van der Waals surface area contributed by atoms with Crippen LogP contribution in [0.25, 0.3) is 0 Å². The maximum Gasteiger partial charge on any atom is 0.314 e. The van der Waals surface area contributed by atoms with Crippen LogP contribution in [-0.4, -0.2) is 14.9 Å². The first kappa shape index (κ1) is 14.4. The van der Waals surface area contributed by atoms with Crippen molar-refractivity contribution in [3.63, 3.8) is 0 Å². The third kappa shape index (κ3) is 3.11. The van der Waals surface area contributed by atoms with E-state index in [4.69, 9.17) is 4.74 Å². The molecule has 7 heteroatoms. The van der Waals surface area contributed by atoms with Crippen LogP contribution in [0.1, 0.15) is 18.3 Å². The molecular formula is C13H12BrN3O3. The quantitative estimate of drug-likeness (QED) is 0.481. The van der Waals surface area contributed by atoms with Crippen molar-refractivity contribution in [3.8, 4) is 11.6 Å². The minimum absolute atomic E-state index is 0.0553. The highest BCUT2D eigenvalue weighted by Crippen LogP contribution is 2.33. The average Bonchev–Trinajstić information content (AvgIpc) is 2.37. The van der Waals surface area contributed by atoms with Crippen LogP contribution in [0.4, 0.5) is 5.69 Å². The van der Waals surface area contributed by atoms with Crippen molar-refractivity contribution in [1.29, 1.82) is 0 Å². The molecule has 0 atom stereocenters. The van der Waals surface area contributed by atoms with Crippen molar-refractivity contribution in [2.45, 2.75) is 20.3 Å². The molecule has 1 heterocycles. The molecule has 0 saturated carbocycles. The van der Waals surface area contributed by atoms with E-state index in [2.05, 4.69) is 25.9 Å². The lowest BCUT2D eigenvalue weighted by Gasteiger charge is -2.08. The van der Waals surface area contributed by atoms with Gasteiger partial charge in [0, 0.05) is 18.1 Å². The van der Waals surface area contributed by atoms with Crippen LogP contribution < -0.4 is 4.74 Å². The second kappa shape index (κ2) is 5.96. The van der Waals surface area contributed by atoms with Gasteiger partial charge in [-0.15, -0.1) is 0 Å². The molecule has 0 aliphatic rings. The fourth-order valence-electron chi connectivity index (χ4n) is 1.71. The second-order valence-corrected chi connectivity index (χ2v) is 4.89. The largest absolute Gasteiger partial charge is 0.432 e. The summed E-state index contributed by atoms with van der Waals surface area (Å²) in [7, 11) is 0. The Labute approximate surface area is 124 Å². The standard InChI is InChI=1S/C13H12BrN3O3/c1-3-11-15-10(14)7-12(16-11)20-9-6-4-5-8(2)13(9)17(18)19/h4-7H,3H2,1-2H3. The third-order valence-electron chi connectivity index (χ3n) is 2.63. The molecule has 104 valence electrons. The lowest BCUT2D eigenvalue weighted by atomic mass is 10.2. The molecular weight excluding hydrogens is 326 g/mol. The zero-order chi connectivity index (χ0) is 14.7. The van der Waals surface area contributed by atoms with Gasteiger partial charge in [-0.1, -0.05) is 19.1 Å². The van der Waals surface area contributed by atoms with Gasteiger partial charge in [0.05, 0.1) is 4.92 Å². The van der Waals surface area contributed by atoms with Gasteiger partial charge in [0.1, 0.15) is 10.4 Å². The minimum atomic E-state index is -0.457. The van der Waals surface area contributed by atoms with Crippen LogP contribution in [-0.2, 0) is 6.42 Å². The summed E-state index contributed by atoms with van der Waals surface area (Å²) in [5, 5.41) is 11.1. The minimum Gasteiger partial charge on any atom is -0.432 e. The third-order valence-corrected chi connectivity index (χ3v) is 3.04. The fraction of sp³-hybridized carbons (Fsp3) is 0.231. The molecule has 0 spiro atoms. The summed E-state index contributed by atoms with van der Waals surface area (Å²) in [6, 6.07) is 6.49. The Balaban J connectivity index is 2.42. The topological polar surface area (TPSA) is 78.2 Å². The van der Waals surface area contributed by atoms with E-state index in [1.165, 1.54) is 0 Å². The molecule has 0 unspecified atom stereocenters. The summed E-state index contributed by atoms with van der Waals surface area (Å²) in [6.45, 7) is 3.58. The number of nitrogens with zero attached hydrogens (tertiary/aromatic N) is 3. The SMILES string of the molecule is CCc1nc(Br)cc(Oc2cccc(C)c2[N+](=O)[O-])n1. The molecule has 0 radical (unpaired) electrons. The number of benzene rings is 1. The number of nitro benzene ring substituents is 1. The Bertz CT molecular complexity index is 661. The summed E-state index contributed by atoms with van der Waals surface area (Å²) in [5.74, 6) is 1.05. The Morgan fingerprint density at radius 2 is 2.15 bits per heavy atom. The molecule has 20 heavy (non-hydrogen) atoms. The molecule has 0 amide bonds. The van der Waals surface area contributed by atoms with Crippen molar-refractivity contribution in [1.82, 2.24) is 9.97 Å². The number of para-hydroxylation sites is 1. The van der Waals surface area contributed by atoms with E-state index in [-0.39, 0.29) is 17.3 Å². The lowest BCUT2D eigenvalue weighted by Crippen LogP contribution is -1.99. The van der Waals surface area contributed by atoms with Crippen molar-refractivity contribution in [3.05, 3.63) is 50.4 Å². The number of nitro groups is 1. The zero-order valence-corrected chi connectivity index (χ0v) is 12.5. The maximum atomic E-state index is 11.1. The van der Waals surface area contributed by atoms with E-state index in [0.29, 0.717) is 22.4 Å². The Kier molecular flexibility index (Phi) is 4.29. The van der Waals surface area contributed by atoms with E-state index in [1.807, 2.05) is 6.92 Å². The smallest absolute Gasteiger partial charge is 0.314 e. The molecule has 0 fully saturated rings. The Morgan fingerprint density at radius 3 is 2.80 bits per heavy atom. The van der Waals surface area contributed by atoms with E-state index < -0.39 is 4.92 Å². The number of ether oxygens (including phenoxy) is 1. The molecule has 0 N–H and O–H groups in total. The Morgan fingerprint density at radius 1 is 1.40 bits per heavy atom. The summed E-state index contributed by atoms with van der Waals surface area (Å²) in [6.07, 6.45) is 0.645. The molecule has 1 aromatic carbocycles. The highest BCUT2D eigenvalue weighted by atomic mass is 79.9. The number of hydrogen-bond acceptors (Lipinski definition) is 5. The number of hydrogen-bond donors (Lipinski definition) is 0. The highest BCUT2D eigenvalue weighted by Gasteiger charge is 2.19. The monoisotopic (exact) mass is 337 g/mol. The predicted octanol–water partition coefficient (Wildman–Crippen LogP) is 3.81. The summed E-state index contributed by atoms with van der Waals surface area (Å²) >= 11 is 3.26. The van der Waals surface area contributed by atoms with Crippen LogP contribution in [0.2, 0.25) is 0 Å². The van der Waals surface area contributed by atoms with Gasteiger partial charge in [-0.3, -0.25) is 10.1 Å². The predicted molar refractivity (Wildman–Crippen MR) is 77.0 cm³/mol. The molecule has 0 aliphatic carbocycles. The first-order valence-electron chi connectivity index (χ1n) is 5.96. The van der Waals surface area contributed by atoms with Crippen molar-refractivity contribution >= 4 is 21.6 Å². The van der Waals surface area contributed by atoms with Crippen molar-refractivity contribution < 1.29 is 9.66 Å². The van der Waals surface area contributed by atoms with Crippen molar-refractivity contribution in [2.75, 3.05) is 0 Å². The van der Waals surface area contributed by atoms with Gasteiger partial charge in [-0.25, -0.2) is 4.98 Å². The van der Waals surface area contributed by atoms with E-state index in [0.717, 1.165) is 0 Å². The average molecular weight is 338 g/mol. The normalized spacial score (nSPS) is 10.3. The lowest BCUT2D eigenvalue weighted by molar-refractivity contribution is -0.386. The van der Waals surface area contributed by atoms with Gasteiger partial charge in [0.15, 0.2) is 0 Å². The van der Waals surface area contributed by atoms with Gasteiger partial charge in [0.25, 0.3) is 0 Å². The van der Waals surface area contributed by atoms with Crippen LogP contribution >= 0.6 is 15.9 Å². The van der Waals surface area contributed by atoms with Gasteiger partial charge in [-0.05, 0) is 28.9 Å². The van der Waals surface area contributed by atoms with E-state index in [1.54, 1.807) is 31.2 Å². The molecule has 2 rings (SSSR count). The second-order valence-electron chi connectivity index (χ2n) is 4.08. The van der Waals surface area contributed by atoms with Crippen LogP contribution in [0.5, 0.6) is 11.6 Å². The fourth-order valence-corrected chi connectivity index (χ4v) is 2.11. The first-order valence-corrected chi connectivity index (χ1v) is 6.76. The van der Waals surface area contributed by atoms with E-state index in [9.17, 15) is 10.1 Å². The molecule has 0 bridgehead atoms. The van der Waals surface area contributed by atoms with Crippen molar-refractivity contribution in [2.24, 2.45) is 0 Å². The van der Waals surface area contributed by atoms with Gasteiger partial charge >= 0.3 is 5.69 Å². The van der Waals surface area contributed by atoms with Crippen LogP contribution in [0, 0.1) is 17.0 Å². The molecule has 6 nitrogen and oxygen atoms in total. The Hall–Kier alpha value is -2.02. The van der Waals surface area contributed by atoms with Gasteiger partial charge < -0.3 is 4.74 Å². The summed E-state index contributed by atoms with van der Waals surface area (Å²) in [4.78, 5) is 19.0. The molecule has 0 aliphatic heterocycles.